The third-order valence-corrected chi connectivity index (χ3v) is 8.54. The average molecular weight is 521 g/mol. The van der Waals surface area contributed by atoms with E-state index in [0.29, 0.717) is 40.4 Å². The highest BCUT2D eigenvalue weighted by Gasteiger charge is 2.23. The number of carbonyl (C=O) groups is 1. The number of hydrogen-bond donors (Lipinski definition) is 0. The van der Waals surface area contributed by atoms with Crippen molar-refractivity contribution in [3.05, 3.63) is 56.9 Å². The molecule has 0 atom stereocenters. The van der Waals surface area contributed by atoms with Crippen molar-refractivity contribution in [2.24, 2.45) is 4.99 Å². The van der Waals surface area contributed by atoms with Crippen LogP contribution in [0.15, 0.2) is 46.3 Å². The van der Waals surface area contributed by atoms with Crippen LogP contribution in [0.3, 0.4) is 0 Å². The Morgan fingerprint density at radius 3 is 2.43 bits per heavy atom. The third-order valence-electron chi connectivity index (χ3n) is 5.52. The van der Waals surface area contributed by atoms with Crippen LogP contribution >= 0.6 is 11.3 Å². The van der Waals surface area contributed by atoms with Gasteiger partial charge in [0.05, 0.1) is 27.7 Å². The molecular weight excluding hydrogens is 492 g/mol. The van der Waals surface area contributed by atoms with Crippen LogP contribution in [-0.4, -0.2) is 48.3 Å². The summed E-state index contributed by atoms with van der Waals surface area (Å²) in [5.74, 6) is -0.228. The first-order chi connectivity index (χ1) is 16.7. The number of nitro benzene ring substituents is 1. The van der Waals surface area contributed by atoms with Crippen LogP contribution in [0.4, 0.5) is 5.69 Å². The lowest BCUT2D eigenvalue weighted by atomic mass is 10.2. The number of hydrogen-bond acceptors (Lipinski definition) is 7. The third kappa shape index (κ3) is 5.44. The van der Waals surface area contributed by atoms with Crippen LogP contribution in [0, 0.1) is 10.1 Å². The maximum absolute atomic E-state index is 12.9. The average Bonchev–Trinajstić information content (AvgIpc) is 3.20. The monoisotopic (exact) mass is 520 g/mol. The van der Waals surface area contributed by atoms with Crippen molar-refractivity contribution in [2.45, 2.75) is 45.1 Å². The number of rotatable bonds is 10. The molecule has 0 unspecified atom stereocenters. The van der Waals surface area contributed by atoms with E-state index in [-0.39, 0.29) is 16.1 Å². The highest BCUT2D eigenvalue weighted by atomic mass is 32.2. The predicted octanol–water partition coefficient (Wildman–Crippen LogP) is 4.19. The van der Waals surface area contributed by atoms with Crippen molar-refractivity contribution in [1.29, 1.82) is 0 Å². The van der Waals surface area contributed by atoms with Crippen LogP contribution in [0.2, 0.25) is 0 Å². The van der Waals surface area contributed by atoms with Crippen molar-refractivity contribution in [3.63, 3.8) is 0 Å². The molecule has 0 aliphatic carbocycles. The number of carbonyl (C=O) groups excluding carboxylic acids is 1. The summed E-state index contributed by atoms with van der Waals surface area (Å²) >= 11 is 1.14. The van der Waals surface area contributed by atoms with Crippen LogP contribution in [0.25, 0.3) is 10.2 Å². The number of benzene rings is 2. The summed E-state index contributed by atoms with van der Waals surface area (Å²) in [5.41, 5.74) is 0.734. The van der Waals surface area contributed by atoms with Gasteiger partial charge >= 0.3 is 0 Å². The number of fused-ring (bicyclic) bond motifs is 1. The van der Waals surface area contributed by atoms with E-state index in [4.69, 9.17) is 4.74 Å². The van der Waals surface area contributed by atoms with Gasteiger partial charge in [-0.15, -0.1) is 0 Å². The molecule has 0 N–H and O–H groups in total. The number of sulfonamides is 1. The van der Waals surface area contributed by atoms with Gasteiger partial charge in [0.15, 0.2) is 10.6 Å². The molecule has 0 fully saturated rings. The quantitative estimate of drug-likeness (QED) is 0.292. The van der Waals surface area contributed by atoms with Crippen molar-refractivity contribution >= 4 is 43.2 Å². The second-order valence-electron chi connectivity index (χ2n) is 7.67. The fourth-order valence-electron chi connectivity index (χ4n) is 3.65. The standard InChI is InChI=1S/C23H28N4O6S2/c1-5-8-13-25(6-2)35(31,32)18-11-9-16(10-12-18)22(28)24-23-26(7-3)21-19(33-4)14-17(27(29)30)15-20(21)34-23/h9-12,14-15H,5-8,13H2,1-4H3. The van der Waals surface area contributed by atoms with Gasteiger partial charge in [-0.1, -0.05) is 31.6 Å². The molecule has 3 aromatic rings. The number of aromatic nitrogens is 1. The first-order valence-corrected chi connectivity index (χ1v) is 13.5. The predicted molar refractivity (Wildman–Crippen MR) is 134 cm³/mol. The maximum atomic E-state index is 12.9. The smallest absolute Gasteiger partial charge is 0.279 e. The zero-order chi connectivity index (χ0) is 25.8. The maximum Gasteiger partial charge on any atom is 0.279 e. The van der Waals surface area contributed by atoms with E-state index in [1.165, 1.54) is 47.8 Å². The van der Waals surface area contributed by atoms with E-state index in [9.17, 15) is 23.3 Å². The Morgan fingerprint density at radius 2 is 1.89 bits per heavy atom. The Bertz CT molecular complexity index is 1410. The molecule has 12 heteroatoms. The molecule has 0 radical (unpaired) electrons. The summed E-state index contributed by atoms with van der Waals surface area (Å²) in [6, 6.07) is 8.49. The number of amides is 1. The number of ether oxygens (including phenoxy) is 1. The topological polar surface area (TPSA) is 124 Å². The van der Waals surface area contributed by atoms with Gasteiger partial charge in [-0.25, -0.2) is 8.42 Å². The zero-order valence-corrected chi connectivity index (χ0v) is 21.7. The summed E-state index contributed by atoms with van der Waals surface area (Å²) in [6.45, 7) is 6.93. The summed E-state index contributed by atoms with van der Waals surface area (Å²) in [5, 5.41) is 11.3. The molecule has 3 rings (SSSR count). The minimum atomic E-state index is -3.65. The van der Waals surface area contributed by atoms with Crippen molar-refractivity contribution in [3.8, 4) is 5.75 Å². The first-order valence-electron chi connectivity index (χ1n) is 11.2. The number of aryl methyl sites for hydroxylation is 1. The van der Waals surface area contributed by atoms with Gasteiger partial charge in [-0.3, -0.25) is 14.9 Å². The number of methoxy groups -OCH3 is 1. The fourth-order valence-corrected chi connectivity index (χ4v) is 6.28. The highest BCUT2D eigenvalue weighted by Crippen LogP contribution is 2.32. The summed E-state index contributed by atoms with van der Waals surface area (Å²) in [6.07, 6.45) is 1.65. The van der Waals surface area contributed by atoms with Gasteiger partial charge in [0, 0.05) is 31.3 Å². The van der Waals surface area contributed by atoms with Gasteiger partial charge in [-0.2, -0.15) is 9.30 Å². The molecule has 35 heavy (non-hydrogen) atoms. The molecule has 1 aromatic heterocycles. The largest absolute Gasteiger partial charge is 0.494 e. The Labute approximate surface area is 207 Å². The number of thiazole rings is 1. The normalized spacial score (nSPS) is 12.4. The van der Waals surface area contributed by atoms with E-state index in [1.54, 1.807) is 11.5 Å². The van der Waals surface area contributed by atoms with E-state index in [1.807, 2.05) is 13.8 Å². The first kappa shape index (κ1) is 26.5. The molecule has 0 aliphatic rings. The number of nitrogens with zero attached hydrogens (tertiary/aromatic N) is 4. The molecular formula is C23H28N4O6S2. The number of nitro groups is 1. The van der Waals surface area contributed by atoms with E-state index in [2.05, 4.69) is 4.99 Å². The van der Waals surface area contributed by atoms with Gasteiger partial charge < -0.3 is 9.30 Å². The number of unbranched alkanes of at least 4 members (excludes halogenated alkanes) is 1. The second kappa shape index (κ2) is 11.1. The fraction of sp³-hybridized carbons (Fsp3) is 0.391. The van der Waals surface area contributed by atoms with Gasteiger partial charge in [0.1, 0.15) is 5.52 Å². The number of non-ortho nitro benzene ring substituents is 1. The Morgan fingerprint density at radius 1 is 1.20 bits per heavy atom. The molecule has 0 saturated carbocycles. The molecule has 0 saturated heterocycles. The van der Waals surface area contributed by atoms with Crippen LogP contribution < -0.4 is 9.54 Å². The summed E-state index contributed by atoms with van der Waals surface area (Å²) < 4.78 is 34.9. The Balaban J connectivity index is 2.00. The van der Waals surface area contributed by atoms with Crippen LogP contribution in [0.5, 0.6) is 5.75 Å². The van der Waals surface area contributed by atoms with E-state index >= 15 is 0 Å². The molecule has 2 aromatic carbocycles. The summed E-state index contributed by atoms with van der Waals surface area (Å²) in [4.78, 5) is 28.4. The Kier molecular flexibility index (Phi) is 8.41. The molecule has 188 valence electrons. The SMILES string of the molecule is CCCCN(CC)S(=O)(=O)c1ccc(C(=O)N=c2sc3cc([N+](=O)[O-])cc(OC)c3n2CC)cc1. The van der Waals surface area contributed by atoms with E-state index < -0.39 is 20.9 Å². The van der Waals surface area contributed by atoms with E-state index in [0.717, 1.165) is 24.2 Å². The lowest BCUT2D eigenvalue weighted by Crippen LogP contribution is -2.31. The van der Waals surface area contributed by atoms with Gasteiger partial charge in [0.25, 0.3) is 11.6 Å². The van der Waals surface area contributed by atoms with Crippen molar-refractivity contribution < 1.29 is 22.9 Å². The van der Waals surface area contributed by atoms with Gasteiger partial charge in [-0.05, 0) is 37.6 Å². The lowest BCUT2D eigenvalue weighted by Gasteiger charge is -2.20. The highest BCUT2D eigenvalue weighted by molar-refractivity contribution is 7.89. The Hall–Kier alpha value is -3.09. The van der Waals surface area contributed by atoms with Crippen molar-refractivity contribution in [1.82, 2.24) is 8.87 Å². The second-order valence-corrected chi connectivity index (χ2v) is 10.6. The van der Waals surface area contributed by atoms with Crippen LogP contribution in [0.1, 0.15) is 44.0 Å². The lowest BCUT2D eigenvalue weighted by molar-refractivity contribution is -0.384. The zero-order valence-electron chi connectivity index (χ0n) is 20.1. The summed E-state index contributed by atoms with van der Waals surface area (Å²) in [7, 11) is -2.22. The molecule has 10 nitrogen and oxygen atoms in total. The minimum absolute atomic E-state index is 0.117. The molecule has 1 amide bonds. The molecule has 0 spiro atoms. The van der Waals surface area contributed by atoms with Crippen molar-refractivity contribution in [2.75, 3.05) is 20.2 Å². The molecule has 0 aliphatic heterocycles. The molecule has 1 heterocycles. The van der Waals surface area contributed by atoms with Gasteiger partial charge in [0.2, 0.25) is 10.0 Å². The van der Waals surface area contributed by atoms with Crippen LogP contribution in [-0.2, 0) is 16.6 Å². The minimum Gasteiger partial charge on any atom is -0.494 e. The molecule has 0 bridgehead atoms.